The van der Waals surface area contributed by atoms with E-state index in [2.05, 4.69) is 23.4 Å². The smallest absolute Gasteiger partial charge is 0.0685 e. The van der Waals surface area contributed by atoms with E-state index >= 15 is 0 Å². The fraction of sp³-hybridized carbons (Fsp3) is 0.615. The van der Waals surface area contributed by atoms with Crippen LogP contribution in [0, 0.1) is 5.92 Å². The number of hydrogen-bond acceptors (Lipinski definition) is 4. The Morgan fingerprint density at radius 2 is 2.53 bits per heavy atom. The summed E-state index contributed by atoms with van der Waals surface area (Å²) in [6.45, 7) is 3.79. The molecule has 4 heteroatoms. The predicted molar refractivity (Wildman–Crippen MR) is 67.2 cm³/mol. The molecule has 1 aromatic rings. The normalized spacial score (nSPS) is 22.4. The van der Waals surface area contributed by atoms with E-state index in [1.165, 1.54) is 5.56 Å². The third kappa shape index (κ3) is 2.83. The van der Waals surface area contributed by atoms with Crippen molar-refractivity contribution in [1.82, 2.24) is 10.4 Å². The number of ether oxygens (including phenoxy) is 1. The first-order chi connectivity index (χ1) is 8.36. The maximum atomic E-state index is 5.71. The molecule has 0 spiro atoms. The summed E-state index contributed by atoms with van der Waals surface area (Å²) in [5.41, 5.74) is 5.26. The highest BCUT2D eigenvalue weighted by Crippen LogP contribution is 2.29. The summed E-state index contributed by atoms with van der Waals surface area (Å²) in [5, 5.41) is 0. The molecule has 17 heavy (non-hydrogen) atoms. The number of hydrazine groups is 1. The van der Waals surface area contributed by atoms with Crippen molar-refractivity contribution in [2.45, 2.75) is 32.2 Å². The van der Waals surface area contributed by atoms with Crippen molar-refractivity contribution in [2.24, 2.45) is 11.8 Å². The van der Waals surface area contributed by atoms with Crippen molar-refractivity contribution in [3.63, 3.8) is 0 Å². The van der Waals surface area contributed by atoms with Crippen LogP contribution in [0.2, 0.25) is 0 Å². The molecule has 0 aliphatic carbocycles. The summed E-state index contributed by atoms with van der Waals surface area (Å²) in [6.07, 6.45) is 5.07. The molecule has 3 N–H and O–H groups in total. The molecule has 1 aliphatic rings. The van der Waals surface area contributed by atoms with Gasteiger partial charge in [0.05, 0.1) is 18.3 Å². The summed E-state index contributed by atoms with van der Waals surface area (Å²) in [7, 11) is 0. The van der Waals surface area contributed by atoms with E-state index in [0.717, 1.165) is 38.2 Å². The van der Waals surface area contributed by atoms with Crippen molar-refractivity contribution in [3.8, 4) is 0 Å². The van der Waals surface area contributed by atoms with E-state index in [1.54, 1.807) is 0 Å². The zero-order valence-electron chi connectivity index (χ0n) is 10.4. The molecular formula is C13H21N3O. The van der Waals surface area contributed by atoms with Gasteiger partial charge in [-0.25, -0.2) is 0 Å². The van der Waals surface area contributed by atoms with Crippen LogP contribution in [0.15, 0.2) is 18.3 Å². The van der Waals surface area contributed by atoms with Crippen LogP contribution in [0.1, 0.15) is 37.1 Å². The predicted octanol–water partition coefficient (Wildman–Crippen LogP) is 1.57. The zero-order valence-corrected chi connectivity index (χ0v) is 10.4. The fourth-order valence-electron chi connectivity index (χ4n) is 2.50. The number of nitrogens with two attached hydrogens (primary N) is 1. The first-order valence-corrected chi connectivity index (χ1v) is 6.34. The minimum absolute atomic E-state index is 0.103. The second-order valence-electron chi connectivity index (χ2n) is 4.52. The van der Waals surface area contributed by atoms with Crippen molar-refractivity contribution >= 4 is 0 Å². The van der Waals surface area contributed by atoms with Crippen LogP contribution in [0.25, 0.3) is 0 Å². The van der Waals surface area contributed by atoms with E-state index < -0.39 is 0 Å². The fourth-order valence-corrected chi connectivity index (χ4v) is 2.50. The highest BCUT2D eigenvalue weighted by atomic mass is 16.5. The third-order valence-electron chi connectivity index (χ3n) is 3.45. The van der Waals surface area contributed by atoms with Crippen molar-refractivity contribution in [2.75, 3.05) is 13.2 Å². The SMILES string of the molecule is CCc1cccnc1C(NN)C1CCCOC1. The second-order valence-corrected chi connectivity index (χ2v) is 4.52. The standard InChI is InChI=1S/C13H21N3O/c1-2-10-5-3-7-15-12(10)13(16-14)11-6-4-8-17-9-11/h3,5,7,11,13,16H,2,4,6,8-9,14H2,1H3. The minimum Gasteiger partial charge on any atom is -0.381 e. The number of rotatable bonds is 4. The number of aromatic nitrogens is 1. The van der Waals surface area contributed by atoms with E-state index in [9.17, 15) is 0 Å². The zero-order chi connectivity index (χ0) is 12.1. The third-order valence-corrected chi connectivity index (χ3v) is 3.45. The van der Waals surface area contributed by atoms with E-state index in [-0.39, 0.29) is 6.04 Å². The van der Waals surface area contributed by atoms with Gasteiger partial charge in [-0.15, -0.1) is 0 Å². The Balaban J connectivity index is 2.21. The Hall–Kier alpha value is -0.970. The number of pyridine rings is 1. The molecule has 0 bridgehead atoms. The molecule has 2 heterocycles. The molecule has 2 rings (SSSR count). The summed E-state index contributed by atoms with van der Waals surface area (Å²) in [5.74, 6) is 6.14. The molecule has 0 amide bonds. The van der Waals surface area contributed by atoms with E-state index in [4.69, 9.17) is 10.6 Å². The quantitative estimate of drug-likeness (QED) is 0.614. The van der Waals surface area contributed by atoms with Gasteiger partial charge >= 0.3 is 0 Å². The number of hydrogen-bond donors (Lipinski definition) is 2. The number of nitrogens with one attached hydrogen (secondary N) is 1. The van der Waals surface area contributed by atoms with Crippen LogP contribution in [-0.4, -0.2) is 18.2 Å². The Bertz CT molecular complexity index is 350. The lowest BCUT2D eigenvalue weighted by Gasteiger charge is -2.30. The van der Waals surface area contributed by atoms with Crippen LogP contribution in [0.5, 0.6) is 0 Å². The van der Waals surface area contributed by atoms with Crippen LogP contribution < -0.4 is 11.3 Å². The van der Waals surface area contributed by atoms with Gasteiger partial charge in [0.25, 0.3) is 0 Å². The van der Waals surface area contributed by atoms with Crippen LogP contribution in [0.3, 0.4) is 0 Å². The lowest BCUT2D eigenvalue weighted by atomic mass is 9.89. The highest BCUT2D eigenvalue weighted by molar-refractivity contribution is 5.23. The van der Waals surface area contributed by atoms with Gasteiger partial charge in [-0.1, -0.05) is 13.0 Å². The Morgan fingerprint density at radius 3 is 3.18 bits per heavy atom. The Labute approximate surface area is 103 Å². The molecular weight excluding hydrogens is 214 g/mol. The first kappa shape index (κ1) is 12.5. The van der Waals surface area contributed by atoms with Crippen molar-refractivity contribution < 1.29 is 4.74 Å². The van der Waals surface area contributed by atoms with Crippen LogP contribution in [-0.2, 0) is 11.2 Å². The Kier molecular flexibility index (Phi) is 4.48. The van der Waals surface area contributed by atoms with Gasteiger partial charge in [0, 0.05) is 18.7 Å². The van der Waals surface area contributed by atoms with Gasteiger partial charge < -0.3 is 4.74 Å². The molecule has 1 fully saturated rings. The molecule has 4 nitrogen and oxygen atoms in total. The van der Waals surface area contributed by atoms with Gasteiger partial charge in [0.15, 0.2) is 0 Å². The molecule has 94 valence electrons. The van der Waals surface area contributed by atoms with Crippen LogP contribution >= 0.6 is 0 Å². The van der Waals surface area contributed by atoms with Crippen molar-refractivity contribution in [1.29, 1.82) is 0 Å². The minimum atomic E-state index is 0.103. The summed E-state index contributed by atoms with van der Waals surface area (Å²) in [4.78, 5) is 4.50. The molecule has 1 aromatic heterocycles. The topological polar surface area (TPSA) is 60.2 Å². The molecule has 0 saturated carbocycles. The summed E-state index contributed by atoms with van der Waals surface area (Å²) >= 11 is 0. The maximum absolute atomic E-state index is 5.71. The highest BCUT2D eigenvalue weighted by Gasteiger charge is 2.27. The molecule has 2 atom stereocenters. The molecule has 1 saturated heterocycles. The van der Waals surface area contributed by atoms with Gasteiger partial charge in [0.1, 0.15) is 0 Å². The largest absolute Gasteiger partial charge is 0.381 e. The summed E-state index contributed by atoms with van der Waals surface area (Å²) < 4.78 is 5.54. The average molecular weight is 235 g/mol. The van der Waals surface area contributed by atoms with Crippen LogP contribution in [0.4, 0.5) is 0 Å². The number of aryl methyl sites for hydroxylation is 1. The lowest BCUT2D eigenvalue weighted by molar-refractivity contribution is 0.0382. The van der Waals surface area contributed by atoms with Crippen molar-refractivity contribution in [3.05, 3.63) is 29.6 Å². The average Bonchev–Trinajstić information content (AvgIpc) is 2.41. The Morgan fingerprint density at radius 1 is 1.65 bits per heavy atom. The molecule has 0 radical (unpaired) electrons. The van der Waals surface area contributed by atoms with Gasteiger partial charge in [-0.2, -0.15) is 0 Å². The van der Waals surface area contributed by atoms with Gasteiger partial charge in [-0.05, 0) is 30.9 Å². The molecule has 1 aliphatic heterocycles. The van der Waals surface area contributed by atoms with E-state index in [0.29, 0.717) is 5.92 Å². The molecule has 2 unspecified atom stereocenters. The van der Waals surface area contributed by atoms with E-state index in [1.807, 2.05) is 12.3 Å². The first-order valence-electron chi connectivity index (χ1n) is 6.34. The van der Waals surface area contributed by atoms with Gasteiger partial charge in [-0.3, -0.25) is 16.3 Å². The second kappa shape index (κ2) is 6.10. The van der Waals surface area contributed by atoms with Gasteiger partial charge in [0.2, 0.25) is 0 Å². The lowest BCUT2D eigenvalue weighted by Crippen LogP contribution is -2.38. The summed E-state index contributed by atoms with van der Waals surface area (Å²) in [6, 6.07) is 4.20. The molecule has 0 aromatic carbocycles. The number of nitrogens with zero attached hydrogens (tertiary/aromatic N) is 1. The maximum Gasteiger partial charge on any atom is 0.0685 e. The monoisotopic (exact) mass is 235 g/mol.